The molecular weight excluding hydrogens is 314 g/mol. The zero-order valence-electron chi connectivity index (χ0n) is 15.9. The summed E-state index contributed by atoms with van der Waals surface area (Å²) in [7, 11) is 3.54. The molecule has 5 heteroatoms. The van der Waals surface area contributed by atoms with Gasteiger partial charge < -0.3 is 15.5 Å². The first-order chi connectivity index (χ1) is 12.0. The van der Waals surface area contributed by atoms with Gasteiger partial charge in [0.1, 0.15) is 0 Å². The molecule has 0 bridgehead atoms. The van der Waals surface area contributed by atoms with Crippen LogP contribution >= 0.6 is 0 Å². The SMILES string of the molecule is CCCCCCCNC(=O)CNc1ccc(CCC(=O)N(C)C)cc1. The van der Waals surface area contributed by atoms with Crippen molar-refractivity contribution in [2.75, 3.05) is 32.5 Å². The van der Waals surface area contributed by atoms with E-state index in [1.54, 1.807) is 19.0 Å². The Morgan fingerprint density at radius 3 is 2.32 bits per heavy atom. The number of rotatable bonds is 12. The van der Waals surface area contributed by atoms with Crippen molar-refractivity contribution in [2.45, 2.75) is 51.9 Å². The van der Waals surface area contributed by atoms with Crippen LogP contribution in [-0.4, -0.2) is 43.9 Å². The molecular formula is C20H33N3O2. The first kappa shape index (κ1) is 21.0. The summed E-state index contributed by atoms with van der Waals surface area (Å²) in [6.45, 7) is 3.24. The average molecular weight is 348 g/mol. The second-order valence-corrected chi connectivity index (χ2v) is 6.60. The van der Waals surface area contributed by atoms with Gasteiger partial charge in [0.15, 0.2) is 0 Å². The highest BCUT2D eigenvalue weighted by Gasteiger charge is 2.05. The summed E-state index contributed by atoms with van der Waals surface area (Å²) in [5, 5.41) is 6.07. The molecule has 140 valence electrons. The number of carbonyl (C=O) groups is 2. The molecule has 0 unspecified atom stereocenters. The van der Waals surface area contributed by atoms with Crippen LogP contribution in [0, 0.1) is 0 Å². The van der Waals surface area contributed by atoms with Crippen molar-refractivity contribution >= 4 is 17.5 Å². The molecule has 0 saturated heterocycles. The van der Waals surface area contributed by atoms with Crippen LogP contribution in [0.2, 0.25) is 0 Å². The highest BCUT2D eigenvalue weighted by Crippen LogP contribution is 2.11. The summed E-state index contributed by atoms with van der Waals surface area (Å²) in [6, 6.07) is 7.90. The van der Waals surface area contributed by atoms with Crippen molar-refractivity contribution in [3.05, 3.63) is 29.8 Å². The monoisotopic (exact) mass is 347 g/mol. The Morgan fingerprint density at radius 2 is 1.68 bits per heavy atom. The number of hydrogen-bond acceptors (Lipinski definition) is 3. The van der Waals surface area contributed by atoms with Crippen molar-refractivity contribution in [1.29, 1.82) is 0 Å². The average Bonchev–Trinajstić information content (AvgIpc) is 2.61. The van der Waals surface area contributed by atoms with Crippen molar-refractivity contribution in [3.8, 4) is 0 Å². The lowest BCUT2D eigenvalue weighted by atomic mass is 10.1. The summed E-state index contributed by atoms with van der Waals surface area (Å²) in [5.74, 6) is 0.157. The van der Waals surface area contributed by atoms with Gasteiger partial charge in [-0.2, -0.15) is 0 Å². The van der Waals surface area contributed by atoms with E-state index in [2.05, 4.69) is 17.6 Å². The van der Waals surface area contributed by atoms with Crippen molar-refractivity contribution in [3.63, 3.8) is 0 Å². The molecule has 2 N–H and O–H groups in total. The molecule has 0 aliphatic rings. The van der Waals surface area contributed by atoms with Crippen molar-refractivity contribution < 1.29 is 9.59 Å². The number of carbonyl (C=O) groups excluding carboxylic acids is 2. The molecule has 1 aromatic rings. The van der Waals surface area contributed by atoms with Gasteiger partial charge >= 0.3 is 0 Å². The van der Waals surface area contributed by atoms with E-state index in [4.69, 9.17) is 0 Å². The van der Waals surface area contributed by atoms with Gasteiger partial charge in [-0.05, 0) is 30.5 Å². The number of anilines is 1. The minimum absolute atomic E-state index is 0.0242. The summed E-state index contributed by atoms with van der Waals surface area (Å²) in [4.78, 5) is 25.0. The van der Waals surface area contributed by atoms with Crippen LogP contribution in [0.1, 0.15) is 51.0 Å². The van der Waals surface area contributed by atoms with Crippen LogP contribution in [0.4, 0.5) is 5.69 Å². The van der Waals surface area contributed by atoms with Crippen LogP contribution in [-0.2, 0) is 16.0 Å². The molecule has 0 spiro atoms. The van der Waals surface area contributed by atoms with Gasteiger partial charge in [-0.15, -0.1) is 0 Å². The highest BCUT2D eigenvalue weighted by atomic mass is 16.2. The van der Waals surface area contributed by atoms with Crippen LogP contribution in [0.5, 0.6) is 0 Å². The second kappa shape index (κ2) is 12.3. The lowest BCUT2D eigenvalue weighted by Crippen LogP contribution is -2.30. The maximum atomic E-state index is 11.8. The molecule has 0 saturated carbocycles. The fourth-order valence-electron chi connectivity index (χ4n) is 2.47. The number of unbranched alkanes of at least 4 members (excludes halogenated alkanes) is 4. The second-order valence-electron chi connectivity index (χ2n) is 6.60. The first-order valence-electron chi connectivity index (χ1n) is 9.32. The van der Waals surface area contributed by atoms with Gasteiger partial charge in [-0.3, -0.25) is 9.59 Å². The quantitative estimate of drug-likeness (QED) is 0.571. The van der Waals surface area contributed by atoms with E-state index >= 15 is 0 Å². The van der Waals surface area contributed by atoms with E-state index in [1.165, 1.54) is 25.7 Å². The maximum absolute atomic E-state index is 11.8. The van der Waals surface area contributed by atoms with E-state index in [0.717, 1.165) is 30.6 Å². The van der Waals surface area contributed by atoms with E-state index in [1.807, 2.05) is 24.3 Å². The molecule has 0 aromatic heterocycles. The molecule has 0 fully saturated rings. The Labute approximate surface area is 152 Å². The smallest absolute Gasteiger partial charge is 0.239 e. The molecule has 0 aliphatic carbocycles. The van der Waals surface area contributed by atoms with Gasteiger partial charge in [0.2, 0.25) is 11.8 Å². The molecule has 0 atom stereocenters. The first-order valence-corrected chi connectivity index (χ1v) is 9.32. The van der Waals surface area contributed by atoms with Gasteiger partial charge in [0, 0.05) is 32.7 Å². The molecule has 5 nitrogen and oxygen atoms in total. The van der Waals surface area contributed by atoms with E-state index in [-0.39, 0.29) is 18.4 Å². The van der Waals surface area contributed by atoms with Gasteiger partial charge in [0.25, 0.3) is 0 Å². The van der Waals surface area contributed by atoms with Crippen LogP contribution in [0.3, 0.4) is 0 Å². The molecule has 25 heavy (non-hydrogen) atoms. The number of amides is 2. The number of nitrogens with zero attached hydrogens (tertiary/aromatic N) is 1. The fraction of sp³-hybridized carbons (Fsp3) is 0.600. The van der Waals surface area contributed by atoms with Crippen LogP contribution in [0.25, 0.3) is 0 Å². The van der Waals surface area contributed by atoms with Gasteiger partial charge in [-0.25, -0.2) is 0 Å². The Bertz CT molecular complexity index is 512. The summed E-state index contributed by atoms with van der Waals surface area (Å²) in [6.07, 6.45) is 7.23. The Morgan fingerprint density at radius 1 is 1.00 bits per heavy atom. The normalized spacial score (nSPS) is 10.4. The molecule has 2 amide bonds. The lowest BCUT2D eigenvalue weighted by Gasteiger charge is -2.11. The molecule has 0 radical (unpaired) electrons. The number of nitrogens with one attached hydrogen (secondary N) is 2. The van der Waals surface area contributed by atoms with Crippen molar-refractivity contribution in [2.24, 2.45) is 0 Å². The van der Waals surface area contributed by atoms with Crippen LogP contribution in [0.15, 0.2) is 24.3 Å². The van der Waals surface area contributed by atoms with E-state index < -0.39 is 0 Å². The standard InChI is InChI=1S/C20H33N3O2/c1-4-5-6-7-8-15-21-19(24)16-22-18-12-9-17(10-13-18)11-14-20(25)23(2)3/h9-10,12-13,22H,4-8,11,14-16H2,1-3H3,(H,21,24). The number of benzene rings is 1. The zero-order chi connectivity index (χ0) is 18.5. The predicted octanol–water partition coefficient (Wildman–Crippen LogP) is 3.21. The Kier molecular flexibility index (Phi) is 10.4. The van der Waals surface area contributed by atoms with Crippen molar-refractivity contribution in [1.82, 2.24) is 10.2 Å². The topological polar surface area (TPSA) is 61.4 Å². The highest BCUT2D eigenvalue weighted by molar-refractivity contribution is 5.80. The summed E-state index contributed by atoms with van der Waals surface area (Å²) >= 11 is 0. The van der Waals surface area contributed by atoms with Gasteiger partial charge in [-0.1, -0.05) is 44.7 Å². The van der Waals surface area contributed by atoms with E-state index in [0.29, 0.717) is 6.42 Å². The number of aryl methyl sites for hydroxylation is 1. The molecule has 1 aromatic carbocycles. The van der Waals surface area contributed by atoms with E-state index in [9.17, 15) is 9.59 Å². The van der Waals surface area contributed by atoms with Gasteiger partial charge in [0.05, 0.1) is 6.54 Å². The largest absolute Gasteiger partial charge is 0.376 e. The third-order valence-electron chi connectivity index (χ3n) is 4.14. The Hall–Kier alpha value is -2.04. The number of hydrogen-bond donors (Lipinski definition) is 2. The minimum atomic E-state index is 0.0242. The van der Waals surface area contributed by atoms with Crippen LogP contribution < -0.4 is 10.6 Å². The summed E-state index contributed by atoms with van der Waals surface area (Å²) < 4.78 is 0. The maximum Gasteiger partial charge on any atom is 0.239 e. The molecule has 1 rings (SSSR count). The predicted molar refractivity (Wildman–Crippen MR) is 104 cm³/mol. The molecule has 0 aliphatic heterocycles. The summed E-state index contributed by atoms with van der Waals surface area (Å²) in [5.41, 5.74) is 2.04. The fourth-order valence-corrected chi connectivity index (χ4v) is 2.47. The minimum Gasteiger partial charge on any atom is -0.376 e. The third-order valence-corrected chi connectivity index (χ3v) is 4.14. The zero-order valence-corrected chi connectivity index (χ0v) is 15.9. The third kappa shape index (κ3) is 9.75. The molecule has 0 heterocycles. The Balaban J connectivity index is 2.20. The lowest BCUT2D eigenvalue weighted by molar-refractivity contribution is -0.128.